The van der Waals surface area contributed by atoms with Crippen molar-refractivity contribution in [1.29, 1.82) is 0 Å². The topological polar surface area (TPSA) is 20.2 Å². The van der Waals surface area contributed by atoms with E-state index in [1.165, 1.54) is 59.1 Å². The van der Waals surface area contributed by atoms with Crippen LogP contribution in [-0.4, -0.2) is 5.11 Å². The molecule has 0 spiro atoms. The highest BCUT2D eigenvalue weighted by atomic mass is 16.3. The van der Waals surface area contributed by atoms with Gasteiger partial charge in [-0.1, -0.05) is 55.4 Å². The first kappa shape index (κ1) is 15.0. The summed E-state index contributed by atoms with van der Waals surface area (Å²) in [5, 5.41) is 9.62. The highest BCUT2D eigenvalue weighted by Crippen LogP contribution is 2.44. The molecule has 1 aromatic rings. The maximum Gasteiger partial charge on any atom is 0.0966 e. The van der Waals surface area contributed by atoms with E-state index in [0.717, 1.165) is 12.3 Å². The molecule has 25 heavy (non-hydrogen) atoms. The lowest BCUT2D eigenvalue weighted by molar-refractivity contribution is 0.403. The maximum absolute atomic E-state index is 9.62. The van der Waals surface area contributed by atoms with Crippen molar-refractivity contribution in [2.75, 3.05) is 0 Å². The van der Waals surface area contributed by atoms with E-state index in [1.54, 1.807) is 0 Å². The molecular weight excluding hydrogens is 304 g/mol. The summed E-state index contributed by atoms with van der Waals surface area (Å²) < 4.78 is 0. The Bertz CT molecular complexity index is 869. The van der Waals surface area contributed by atoms with Crippen LogP contribution in [0.3, 0.4) is 0 Å². The summed E-state index contributed by atoms with van der Waals surface area (Å²) >= 11 is 0. The lowest BCUT2D eigenvalue weighted by Gasteiger charge is -2.18. The molecule has 0 radical (unpaired) electrons. The van der Waals surface area contributed by atoms with Gasteiger partial charge in [0.1, 0.15) is 0 Å². The predicted molar refractivity (Wildman–Crippen MR) is 104 cm³/mol. The number of hydrogen-bond acceptors (Lipinski definition) is 1. The third kappa shape index (κ3) is 2.63. The molecule has 1 heteroatoms. The molecule has 0 heterocycles. The predicted octanol–water partition coefficient (Wildman–Crippen LogP) is 6.47. The van der Waals surface area contributed by atoms with E-state index in [9.17, 15) is 5.11 Å². The van der Waals surface area contributed by atoms with E-state index in [0.29, 0.717) is 18.1 Å². The van der Waals surface area contributed by atoms with Crippen LogP contribution in [0.15, 0.2) is 65.5 Å². The minimum absolute atomic E-state index is 0.471. The third-order valence-corrected chi connectivity index (χ3v) is 6.30. The number of rotatable bonds is 3. The van der Waals surface area contributed by atoms with E-state index in [1.807, 2.05) is 12.2 Å². The Kier molecular flexibility index (Phi) is 3.55. The summed E-state index contributed by atoms with van der Waals surface area (Å²) in [5.74, 6) is 1.98. The monoisotopic (exact) mass is 328 g/mol. The average Bonchev–Trinajstić information content (AvgIpc) is 3.39. The molecule has 1 saturated carbocycles. The Labute approximate surface area is 149 Å². The lowest BCUT2D eigenvalue weighted by atomic mass is 9.86. The minimum atomic E-state index is 0.471. The summed E-state index contributed by atoms with van der Waals surface area (Å²) in [6, 6.07) is 7.06. The van der Waals surface area contributed by atoms with Crippen LogP contribution in [0.5, 0.6) is 0 Å². The van der Waals surface area contributed by atoms with Crippen molar-refractivity contribution in [3.05, 3.63) is 82.2 Å². The summed E-state index contributed by atoms with van der Waals surface area (Å²) in [5.41, 5.74) is 8.20. The number of hydrogen-bond donors (Lipinski definition) is 1. The molecule has 1 unspecified atom stereocenters. The second-order valence-corrected chi connectivity index (χ2v) is 7.83. The van der Waals surface area contributed by atoms with Gasteiger partial charge in [-0.3, -0.25) is 0 Å². The van der Waals surface area contributed by atoms with E-state index < -0.39 is 0 Å². The van der Waals surface area contributed by atoms with Crippen molar-refractivity contribution in [1.82, 2.24) is 0 Å². The van der Waals surface area contributed by atoms with Crippen molar-refractivity contribution in [3.63, 3.8) is 0 Å². The Hall–Kier alpha value is -2.28. The highest BCUT2D eigenvalue weighted by molar-refractivity contribution is 5.78. The fourth-order valence-electron chi connectivity index (χ4n) is 4.92. The highest BCUT2D eigenvalue weighted by Gasteiger charge is 2.28. The summed E-state index contributed by atoms with van der Waals surface area (Å²) in [7, 11) is 0. The van der Waals surface area contributed by atoms with Gasteiger partial charge >= 0.3 is 0 Å². The van der Waals surface area contributed by atoms with Gasteiger partial charge in [0.15, 0.2) is 0 Å². The third-order valence-electron chi connectivity index (χ3n) is 6.30. The van der Waals surface area contributed by atoms with Crippen molar-refractivity contribution >= 4 is 11.6 Å². The molecule has 126 valence electrons. The Morgan fingerprint density at radius 2 is 1.88 bits per heavy atom. The van der Waals surface area contributed by atoms with E-state index in [-0.39, 0.29) is 0 Å². The molecule has 4 aliphatic rings. The molecule has 1 fully saturated rings. The summed E-state index contributed by atoms with van der Waals surface area (Å²) in [6.07, 6.45) is 20.5. The first-order valence-electron chi connectivity index (χ1n) is 9.60. The smallest absolute Gasteiger partial charge is 0.0966 e. The molecule has 0 aliphatic heterocycles. The van der Waals surface area contributed by atoms with Crippen molar-refractivity contribution < 1.29 is 5.11 Å². The van der Waals surface area contributed by atoms with E-state index in [4.69, 9.17) is 0 Å². The molecule has 1 aromatic carbocycles. The Morgan fingerprint density at radius 3 is 2.68 bits per heavy atom. The van der Waals surface area contributed by atoms with Crippen LogP contribution in [-0.2, 0) is 0 Å². The zero-order valence-corrected chi connectivity index (χ0v) is 14.5. The Balaban J connectivity index is 1.37. The SMILES string of the molecule is OC1=CC=C(C2=CCC(c3ccc4c(c3)C=CC4C3CCCC3)=C2)C1. The van der Waals surface area contributed by atoms with Crippen LogP contribution in [0.4, 0.5) is 0 Å². The fourth-order valence-corrected chi connectivity index (χ4v) is 4.92. The summed E-state index contributed by atoms with van der Waals surface area (Å²) in [4.78, 5) is 0. The normalized spacial score (nSPS) is 25.0. The maximum atomic E-state index is 9.62. The van der Waals surface area contributed by atoms with Gasteiger partial charge in [0.05, 0.1) is 5.76 Å². The second kappa shape index (κ2) is 5.91. The van der Waals surface area contributed by atoms with Gasteiger partial charge in [0.2, 0.25) is 0 Å². The molecule has 0 saturated heterocycles. The number of allylic oxidation sites excluding steroid dienone is 8. The van der Waals surface area contributed by atoms with Crippen LogP contribution < -0.4 is 0 Å². The Morgan fingerprint density at radius 1 is 1.00 bits per heavy atom. The number of fused-ring (bicyclic) bond motifs is 1. The van der Waals surface area contributed by atoms with Crippen LogP contribution >= 0.6 is 0 Å². The molecule has 1 N–H and O–H groups in total. The molecule has 1 atom stereocenters. The van der Waals surface area contributed by atoms with Gasteiger partial charge in [-0.15, -0.1) is 0 Å². The zero-order valence-electron chi connectivity index (χ0n) is 14.5. The van der Waals surface area contributed by atoms with E-state index in [2.05, 4.69) is 42.5 Å². The number of aliphatic hydroxyl groups excluding tert-OH is 1. The minimum Gasteiger partial charge on any atom is -0.512 e. The van der Waals surface area contributed by atoms with Crippen molar-refractivity contribution in [3.8, 4) is 0 Å². The molecular formula is C24H24O. The van der Waals surface area contributed by atoms with Crippen molar-refractivity contribution in [2.45, 2.75) is 44.4 Å². The van der Waals surface area contributed by atoms with Gasteiger partial charge in [0, 0.05) is 12.3 Å². The molecule has 0 bridgehead atoms. The first-order chi connectivity index (χ1) is 12.3. The molecule has 1 nitrogen and oxygen atoms in total. The van der Waals surface area contributed by atoms with Crippen LogP contribution in [0.25, 0.3) is 11.6 Å². The van der Waals surface area contributed by atoms with Crippen LogP contribution in [0, 0.1) is 5.92 Å². The lowest BCUT2D eigenvalue weighted by Crippen LogP contribution is -2.05. The van der Waals surface area contributed by atoms with Gasteiger partial charge in [-0.25, -0.2) is 0 Å². The second-order valence-electron chi connectivity index (χ2n) is 7.83. The summed E-state index contributed by atoms with van der Waals surface area (Å²) in [6.45, 7) is 0. The van der Waals surface area contributed by atoms with Gasteiger partial charge < -0.3 is 5.11 Å². The van der Waals surface area contributed by atoms with Gasteiger partial charge in [-0.2, -0.15) is 0 Å². The largest absolute Gasteiger partial charge is 0.512 e. The molecule has 5 rings (SSSR count). The van der Waals surface area contributed by atoms with Crippen molar-refractivity contribution in [2.24, 2.45) is 5.92 Å². The molecule has 4 aliphatic carbocycles. The van der Waals surface area contributed by atoms with Gasteiger partial charge in [-0.05, 0) is 70.7 Å². The first-order valence-corrected chi connectivity index (χ1v) is 9.60. The van der Waals surface area contributed by atoms with Crippen LogP contribution in [0.1, 0.15) is 61.1 Å². The fraction of sp³-hybridized carbons (Fsp3) is 0.333. The zero-order chi connectivity index (χ0) is 16.8. The quantitative estimate of drug-likeness (QED) is 0.674. The van der Waals surface area contributed by atoms with Crippen LogP contribution in [0.2, 0.25) is 0 Å². The van der Waals surface area contributed by atoms with Gasteiger partial charge in [0.25, 0.3) is 0 Å². The van der Waals surface area contributed by atoms with E-state index >= 15 is 0 Å². The molecule has 0 aromatic heterocycles. The number of aliphatic hydroxyl groups is 1. The number of benzene rings is 1. The standard InChI is InChI=1S/C24H24O/c25-22-10-7-20(15-22)18-6-5-17(13-18)19-8-11-24-21(14-19)9-12-23(24)16-3-1-2-4-16/h6-14,16,23,25H,1-5,15H2. The molecule has 0 amide bonds. The average molecular weight is 328 g/mol.